The molecule has 0 saturated heterocycles. The van der Waals surface area contributed by atoms with Crippen LogP contribution in [0.5, 0.6) is 6.01 Å². The van der Waals surface area contributed by atoms with Crippen molar-refractivity contribution in [2.24, 2.45) is 0 Å². The van der Waals surface area contributed by atoms with Gasteiger partial charge in [0.25, 0.3) is 6.01 Å². The lowest BCUT2D eigenvalue weighted by Crippen LogP contribution is -2.13. The van der Waals surface area contributed by atoms with Gasteiger partial charge >= 0.3 is 0 Å². The van der Waals surface area contributed by atoms with Gasteiger partial charge in [0, 0.05) is 12.7 Å². The zero-order chi connectivity index (χ0) is 7.68. The molecule has 2 heterocycles. The minimum absolute atomic E-state index is 0.799. The van der Waals surface area contributed by atoms with E-state index in [0.717, 1.165) is 37.7 Å². The largest absolute Gasteiger partial charge is 0.465 e. The molecular weight excluding hydrogens is 140 g/mol. The van der Waals surface area contributed by atoms with Gasteiger partial charge < -0.3 is 9.30 Å². The molecule has 60 valence electrons. The van der Waals surface area contributed by atoms with Gasteiger partial charge in [-0.2, -0.15) is 0 Å². The number of rotatable bonds is 1. The number of aromatic nitrogens is 2. The van der Waals surface area contributed by atoms with Crippen LogP contribution in [0.25, 0.3) is 0 Å². The molecule has 0 fully saturated rings. The molecule has 3 heteroatoms. The van der Waals surface area contributed by atoms with Crippen LogP contribution in [0, 0.1) is 0 Å². The van der Waals surface area contributed by atoms with E-state index in [4.69, 9.17) is 4.74 Å². The van der Waals surface area contributed by atoms with Crippen molar-refractivity contribution in [1.29, 1.82) is 0 Å². The topological polar surface area (TPSA) is 27.1 Å². The van der Waals surface area contributed by atoms with Gasteiger partial charge in [0.15, 0.2) is 0 Å². The summed E-state index contributed by atoms with van der Waals surface area (Å²) in [5.74, 6) is 0. The fourth-order valence-corrected chi connectivity index (χ4v) is 1.30. The van der Waals surface area contributed by atoms with E-state index in [0.29, 0.717) is 0 Å². The maximum atomic E-state index is 5.36. The number of aryl methyl sites for hydroxylation is 2. The summed E-state index contributed by atoms with van der Waals surface area (Å²) < 4.78 is 7.44. The van der Waals surface area contributed by atoms with Crippen molar-refractivity contribution in [1.82, 2.24) is 9.55 Å². The highest BCUT2D eigenvalue weighted by atomic mass is 16.5. The van der Waals surface area contributed by atoms with Crippen LogP contribution in [0.4, 0.5) is 0 Å². The van der Waals surface area contributed by atoms with E-state index >= 15 is 0 Å². The van der Waals surface area contributed by atoms with E-state index in [2.05, 4.69) is 22.7 Å². The number of imidazole rings is 1. The molecule has 0 N–H and O–H groups in total. The van der Waals surface area contributed by atoms with Gasteiger partial charge in [0.2, 0.25) is 0 Å². The van der Waals surface area contributed by atoms with Crippen LogP contribution in [0.3, 0.4) is 0 Å². The van der Waals surface area contributed by atoms with Crippen LogP contribution < -0.4 is 4.74 Å². The van der Waals surface area contributed by atoms with Crippen LogP contribution in [-0.4, -0.2) is 16.2 Å². The molecule has 1 aromatic rings. The number of nitrogens with zero attached hydrogens (tertiary/aromatic N) is 2. The first-order chi connectivity index (χ1) is 5.40. The molecule has 0 amide bonds. The first-order valence-corrected chi connectivity index (χ1v) is 4.09. The van der Waals surface area contributed by atoms with Crippen molar-refractivity contribution in [3.05, 3.63) is 11.9 Å². The van der Waals surface area contributed by atoms with Gasteiger partial charge in [-0.1, -0.05) is 6.92 Å². The van der Waals surface area contributed by atoms with E-state index in [1.807, 2.05) is 0 Å². The van der Waals surface area contributed by atoms with Gasteiger partial charge in [-0.25, -0.2) is 4.98 Å². The van der Waals surface area contributed by atoms with Gasteiger partial charge in [0.05, 0.1) is 12.3 Å². The highest BCUT2D eigenvalue weighted by molar-refractivity contribution is 5.09. The number of hydrogen-bond donors (Lipinski definition) is 0. The predicted molar refractivity (Wildman–Crippen MR) is 41.7 cm³/mol. The molecule has 0 saturated carbocycles. The van der Waals surface area contributed by atoms with Gasteiger partial charge in [-0.15, -0.1) is 0 Å². The molecule has 1 aliphatic heterocycles. The monoisotopic (exact) mass is 152 g/mol. The molecule has 0 spiro atoms. The van der Waals surface area contributed by atoms with Crippen molar-refractivity contribution in [3.63, 3.8) is 0 Å². The Kier molecular flexibility index (Phi) is 1.56. The summed E-state index contributed by atoms with van der Waals surface area (Å²) in [7, 11) is 0. The van der Waals surface area contributed by atoms with Crippen LogP contribution in [0.15, 0.2) is 6.20 Å². The van der Waals surface area contributed by atoms with Crippen molar-refractivity contribution in [3.8, 4) is 6.01 Å². The summed E-state index contributed by atoms with van der Waals surface area (Å²) in [6.07, 6.45) is 4.17. The summed E-state index contributed by atoms with van der Waals surface area (Å²) in [5, 5.41) is 0. The molecule has 1 aromatic heterocycles. The van der Waals surface area contributed by atoms with E-state index < -0.39 is 0 Å². The quantitative estimate of drug-likeness (QED) is 0.605. The highest BCUT2D eigenvalue weighted by Crippen LogP contribution is 2.16. The molecule has 0 aromatic carbocycles. The predicted octanol–water partition coefficient (Wildman–Crippen LogP) is 1.23. The minimum atomic E-state index is 0.799. The third kappa shape index (κ3) is 1.11. The Morgan fingerprint density at radius 2 is 2.64 bits per heavy atom. The van der Waals surface area contributed by atoms with Crippen molar-refractivity contribution < 1.29 is 4.74 Å². The molecule has 1 aliphatic rings. The molecular formula is C8H12N2O. The third-order valence-electron chi connectivity index (χ3n) is 1.93. The Balaban J connectivity index is 2.32. The van der Waals surface area contributed by atoms with Crippen molar-refractivity contribution >= 4 is 0 Å². The molecule has 3 nitrogen and oxygen atoms in total. The maximum Gasteiger partial charge on any atom is 0.296 e. The first kappa shape index (κ1) is 6.70. The van der Waals surface area contributed by atoms with Crippen LogP contribution in [0.2, 0.25) is 0 Å². The summed E-state index contributed by atoms with van der Waals surface area (Å²) in [6, 6.07) is 0.799. The van der Waals surface area contributed by atoms with Crippen molar-refractivity contribution in [2.75, 3.05) is 6.61 Å². The van der Waals surface area contributed by atoms with Gasteiger partial charge in [-0.05, 0) is 12.8 Å². The molecule has 0 unspecified atom stereocenters. The summed E-state index contributed by atoms with van der Waals surface area (Å²) >= 11 is 0. The lowest BCUT2D eigenvalue weighted by molar-refractivity contribution is 0.231. The standard InChI is InChI=1S/C8H12N2O/c1-2-7-6-10-4-3-5-11-8(10)9-7/h6H,2-5H2,1H3. The van der Waals surface area contributed by atoms with E-state index in [1.165, 1.54) is 0 Å². The summed E-state index contributed by atoms with van der Waals surface area (Å²) in [5.41, 5.74) is 1.13. The van der Waals surface area contributed by atoms with Crippen LogP contribution >= 0.6 is 0 Å². The molecule has 11 heavy (non-hydrogen) atoms. The van der Waals surface area contributed by atoms with E-state index in [1.54, 1.807) is 0 Å². The highest BCUT2D eigenvalue weighted by Gasteiger charge is 2.11. The first-order valence-electron chi connectivity index (χ1n) is 4.09. The molecule has 0 radical (unpaired) electrons. The molecule has 0 bridgehead atoms. The van der Waals surface area contributed by atoms with E-state index in [9.17, 15) is 0 Å². The fourth-order valence-electron chi connectivity index (χ4n) is 1.30. The van der Waals surface area contributed by atoms with Gasteiger partial charge in [-0.3, -0.25) is 0 Å². The zero-order valence-electron chi connectivity index (χ0n) is 6.71. The molecule has 0 atom stereocenters. The number of ether oxygens (including phenoxy) is 1. The Bertz CT molecular complexity index is 231. The Hall–Kier alpha value is -0.990. The lowest BCUT2D eigenvalue weighted by atomic mass is 10.4. The SMILES string of the molecule is CCc1cn2c(n1)OCCC2. The lowest BCUT2D eigenvalue weighted by Gasteiger charge is -2.13. The Morgan fingerprint density at radius 1 is 1.73 bits per heavy atom. The second-order valence-electron chi connectivity index (χ2n) is 2.76. The summed E-state index contributed by atoms with van der Waals surface area (Å²) in [4.78, 5) is 4.31. The average Bonchev–Trinajstić information content (AvgIpc) is 2.46. The molecule has 0 aliphatic carbocycles. The second-order valence-corrected chi connectivity index (χ2v) is 2.76. The fraction of sp³-hybridized carbons (Fsp3) is 0.625. The minimum Gasteiger partial charge on any atom is -0.465 e. The van der Waals surface area contributed by atoms with E-state index in [-0.39, 0.29) is 0 Å². The van der Waals surface area contributed by atoms with Crippen LogP contribution in [-0.2, 0) is 13.0 Å². The summed E-state index contributed by atoms with van der Waals surface area (Å²) in [6.45, 7) is 3.98. The maximum absolute atomic E-state index is 5.36. The smallest absolute Gasteiger partial charge is 0.296 e. The Labute approximate surface area is 66.0 Å². The van der Waals surface area contributed by atoms with Crippen LogP contribution in [0.1, 0.15) is 19.0 Å². The van der Waals surface area contributed by atoms with Gasteiger partial charge in [0.1, 0.15) is 0 Å². The molecule has 2 rings (SSSR count). The third-order valence-corrected chi connectivity index (χ3v) is 1.93. The average molecular weight is 152 g/mol. The second kappa shape index (κ2) is 2.57. The number of fused-ring (bicyclic) bond motifs is 1. The van der Waals surface area contributed by atoms with Crippen molar-refractivity contribution in [2.45, 2.75) is 26.3 Å². The zero-order valence-corrected chi connectivity index (χ0v) is 6.71. The number of hydrogen-bond acceptors (Lipinski definition) is 2. The Morgan fingerprint density at radius 3 is 3.36 bits per heavy atom. The normalized spacial score (nSPS) is 15.7.